The fourth-order valence-corrected chi connectivity index (χ4v) is 1.97. The van der Waals surface area contributed by atoms with Gasteiger partial charge in [-0.15, -0.1) is 0 Å². The number of carbonyl (C=O) groups excluding carboxylic acids is 1. The van der Waals surface area contributed by atoms with Gasteiger partial charge in [-0.05, 0) is 24.1 Å². The predicted octanol–water partition coefficient (Wildman–Crippen LogP) is 1.91. The second kappa shape index (κ2) is 6.69. The molecule has 0 saturated carbocycles. The summed E-state index contributed by atoms with van der Waals surface area (Å²) in [5.74, 6) is -0.688. The summed E-state index contributed by atoms with van der Waals surface area (Å²) in [6.07, 6.45) is 2.40. The van der Waals surface area contributed by atoms with Crippen LogP contribution in [0.1, 0.15) is 39.1 Å². The van der Waals surface area contributed by atoms with Crippen molar-refractivity contribution in [3.8, 4) is 0 Å². The Morgan fingerprint density at radius 2 is 2.19 bits per heavy atom. The van der Waals surface area contributed by atoms with Crippen molar-refractivity contribution < 1.29 is 19.1 Å². The van der Waals surface area contributed by atoms with Gasteiger partial charge in [-0.3, -0.25) is 4.79 Å². The van der Waals surface area contributed by atoms with Crippen LogP contribution in [0.15, 0.2) is 35.1 Å². The first-order valence-corrected chi connectivity index (χ1v) is 6.64. The Hall–Kier alpha value is -2.63. The van der Waals surface area contributed by atoms with Gasteiger partial charge in [0.15, 0.2) is 12.1 Å². The lowest BCUT2D eigenvalue weighted by molar-refractivity contribution is 0.0696. The number of oxazole rings is 1. The molecular weight excluding hydrogens is 272 g/mol. The second-order valence-corrected chi connectivity index (χ2v) is 4.49. The molecule has 1 amide bonds. The van der Waals surface area contributed by atoms with E-state index in [1.807, 2.05) is 13.0 Å². The molecule has 0 fully saturated rings. The SMILES string of the molecule is CCc1ocnc1C(=O)NCCc1cccc(C(=O)O)c1. The van der Waals surface area contributed by atoms with Crippen molar-refractivity contribution >= 4 is 11.9 Å². The summed E-state index contributed by atoms with van der Waals surface area (Å²) >= 11 is 0. The van der Waals surface area contributed by atoms with Gasteiger partial charge in [0.05, 0.1) is 5.56 Å². The maximum absolute atomic E-state index is 11.9. The molecule has 1 aromatic heterocycles. The molecule has 0 aliphatic heterocycles. The normalized spacial score (nSPS) is 10.3. The van der Waals surface area contributed by atoms with Crippen LogP contribution in [0.2, 0.25) is 0 Å². The molecule has 2 N–H and O–H groups in total. The summed E-state index contributed by atoms with van der Waals surface area (Å²) < 4.78 is 5.10. The van der Waals surface area contributed by atoms with Crippen molar-refractivity contribution in [2.75, 3.05) is 6.54 Å². The number of rotatable bonds is 6. The number of amides is 1. The van der Waals surface area contributed by atoms with Crippen LogP contribution >= 0.6 is 0 Å². The van der Waals surface area contributed by atoms with E-state index < -0.39 is 5.97 Å². The van der Waals surface area contributed by atoms with Gasteiger partial charge in [0, 0.05) is 13.0 Å². The smallest absolute Gasteiger partial charge is 0.335 e. The predicted molar refractivity (Wildman–Crippen MR) is 75.3 cm³/mol. The number of nitrogens with zero attached hydrogens (tertiary/aromatic N) is 1. The number of aryl methyl sites for hydroxylation is 1. The average molecular weight is 288 g/mol. The van der Waals surface area contributed by atoms with E-state index >= 15 is 0 Å². The van der Waals surface area contributed by atoms with Crippen molar-refractivity contribution in [3.63, 3.8) is 0 Å². The molecular formula is C15H16N2O4. The highest BCUT2D eigenvalue weighted by Gasteiger charge is 2.14. The van der Waals surface area contributed by atoms with Gasteiger partial charge < -0.3 is 14.8 Å². The van der Waals surface area contributed by atoms with Crippen molar-refractivity contribution in [1.82, 2.24) is 10.3 Å². The van der Waals surface area contributed by atoms with E-state index in [2.05, 4.69) is 10.3 Å². The zero-order valence-corrected chi connectivity index (χ0v) is 11.6. The molecule has 2 rings (SSSR count). The van der Waals surface area contributed by atoms with Gasteiger partial charge >= 0.3 is 5.97 Å². The van der Waals surface area contributed by atoms with Gasteiger partial charge in [-0.1, -0.05) is 19.1 Å². The Bertz CT molecular complexity index is 649. The first kappa shape index (κ1) is 14.8. The van der Waals surface area contributed by atoms with Crippen molar-refractivity contribution in [2.24, 2.45) is 0 Å². The van der Waals surface area contributed by atoms with Gasteiger partial charge in [0.25, 0.3) is 5.91 Å². The lowest BCUT2D eigenvalue weighted by Crippen LogP contribution is -2.26. The zero-order valence-electron chi connectivity index (χ0n) is 11.6. The minimum atomic E-state index is -0.962. The van der Waals surface area contributed by atoms with Crippen LogP contribution in [-0.2, 0) is 12.8 Å². The van der Waals surface area contributed by atoms with Gasteiger partial charge in [0.1, 0.15) is 5.76 Å². The summed E-state index contributed by atoms with van der Waals surface area (Å²) in [5.41, 5.74) is 1.39. The summed E-state index contributed by atoms with van der Waals surface area (Å²) in [6.45, 7) is 2.28. The first-order valence-electron chi connectivity index (χ1n) is 6.64. The second-order valence-electron chi connectivity index (χ2n) is 4.49. The Balaban J connectivity index is 1.91. The van der Waals surface area contributed by atoms with Crippen LogP contribution in [0.25, 0.3) is 0 Å². The third-order valence-corrected chi connectivity index (χ3v) is 3.05. The topological polar surface area (TPSA) is 92.4 Å². The molecule has 0 aliphatic rings. The maximum atomic E-state index is 11.9. The molecule has 1 aromatic carbocycles. The number of hydrogen-bond donors (Lipinski definition) is 2. The molecule has 21 heavy (non-hydrogen) atoms. The maximum Gasteiger partial charge on any atom is 0.335 e. The molecule has 1 heterocycles. The summed E-state index contributed by atoms with van der Waals surface area (Å²) in [7, 11) is 0. The zero-order chi connectivity index (χ0) is 15.2. The molecule has 6 nitrogen and oxygen atoms in total. The lowest BCUT2D eigenvalue weighted by atomic mass is 10.1. The Kier molecular flexibility index (Phi) is 4.71. The van der Waals surface area contributed by atoms with E-state index in [0.717, 1.165) is 5.56 Å². The molecule has 2 aromatic rings. The number of nitrogens with one attached hydrogen (secondary N) is 1. The molecule has 0 saturated heterocycles. The molecule has 0 radical (unpaired) electrons. The third-order valence-electron chi connectivity index (χ3n) is 3.05. The van der Waals surface area contributed by atoms with E-state index in [0.29, 0.717) is 30.8 Å². The molecule has 0 bridgehead atoms. The Morgan fingerprint density at radius 1 is 1.38 bits per heavy atom. The minimum absolute atomic E-state index is 0.239. The van der Waals surface area contributed by atoms with Gasteiger partial charge in [-0.2, -0.15) is 0 Å². The number of carbonyl (C=O) groups is 2. The molecule has 6 heteroatoms. The summed E-state index contributed by atoms with van der Waals surface area (Å²) in [6, 6.07) is 6.65. The Morgan fingerprint density at radius 3 is 2.90 bits per heavy atom. The standard InChI is InChI=1S/C15H16N2O4/c1-2-12-13(17-9-21-12)14(18)16-7-6-10-4-3-5-11(8-10)15(19)20/h3-5,8-9H,2,6-7H2,1H3,(H,16,18)(H,19,20). The number of aromatic carboxylic acids is 1. The average Bonchev–Trinajstić information content (AvgIpc) is 2.96. The first-order chi connectivity index (χ1) is 10.1. The lowest BCUT2D eigenvalue weighted by Gasteiger charge is -2.05. The highest BCUT2D eigenvalue weighted by Crippen LogP contribution is 2.08. The van der Waals surface area contributed by atoms with E-state index in [1.165, 1.54) is 12.5 Å². The third kappa shape index (κ3) is 3.68. The fraction of sp³-hybridized carbons (Fsp3) is 0.267. The van der Waals surface area contributed by atoms with Crippen LogP contribution in [-0.4, -0.2) is 28.5 Å². The van der Waals surface area contributed by atoms with E-state index in [1.54, 1.807) is 12.1 Å². The molecule has 110 valence electrons. The number of carboxylic acids is 1. The van der Waals surface area contributed by atoms with Crippen LogP contribution in [0.4, 0.5) is 0 Å². The quantitative estimate of drug-likeness (QED) is 0.847. The number of hydrogen-bond acceptors (Lipinski definition) is 4. The van der Waals surface area contributed by atoms with E-state index in [4.69, 9.17) is 9.52 Å². The van der Waals surface area contributed by atoms with E-state index in [9.17, 15) is 9.59 Å². The van der Waals surface area contributed by atoms with Gasteiger partial charge in [0.2, 0.25) is 0 Å². The minimum Gasteiger partial charge on any atom is -0.478 e. The highest BCUT2D eigenvalue weighted by molar-refractivity contribution is 5.93. The fourth-order valence-electron chi connectivity index (χ4n) is 1.97. The number of benzene rings is 1. The summed E-state index contributed by atoms with van der Waals surface area (Å²) in [4.78, 5) is 26.7. The Labute approximate surface area is 121 Å². The van der Waals surface area contributed by atoms with Crippen molar-refractivity contribution in [2.45, 2.75) is 19.8 Å². The monoisotopic (exact) mass is 288 g/mol. The number of aromatic nitrogens is 1. The highest BCUT2D eigenvalue weighted by atomic mass is 16.4. The molecule has 0 spiro atoms. The molecule has 0 aliphatic carbocycles. The molecule has 0 unspecified atom stereocenters. The number of carboxylic acid groups (broad SMARTS) is 1. The summed E-state index contributed by atoms with van der Waals surface area (Å²) in [5, 5.41) is 11.7. The van der Waals surface area contributed by atoms with Crippen LogP contribution in [0, 0.1) is 0 Å². The van der Waals surface area contributed by atoms with Crippen LogP contribution in [0.5, 0.6) is 0 Å². The van der Waals surface area contributed by atoms with Crippen molar-refractivity contribution in [1.29, 1.82) is 0 Å². The van der Waals surface area contributed by atoms with E-state index in [-0.39, 0.29) is 11.5 Å². The van der Waals surface area contributed by atoms with Crippen molar-refractivity contribution in [3.05, 3.63) is 53.2 Å². The van der Waals surface area contributed by atoms with Crippen LogP contribution < -0.4 is 5.32 Å². The molecule has 0 atom stereocenters. The van der Waals surface area contributed by atoms with Crippen LogP contribution in [0.3, 0.4) is 0 Å². The van der Waals surface area contributed by atoms with Gasteiger partial charge in [-0.25, -0.2) is 9.78 Å². The largest absolute Gasteiger partial charge is 0.478 e.